The quantitative estimate of drug-likeness (QED) is 0.203. The Balaban J connectivity index is 0.00000385. The van der Waals surface area contributed by atoms with Crippen molar-refractivity contribution in [2.24, 2.45) is 10.7 Å². The van der Waals surface area contributed by atoms with Crippen molar-refractivity contribution in [2.45, 2.75) is 19.8 Å². The fourth-order valence-corrected chi connectivity index (χ4v) is 2.62. The largest absolute Gasteiger partial charge is 0.573 e. The van der Waals surface area contributed by atoms with Gasteiger partial charge in [-0.05, 0) is 36.8 Å². The molecular weight excluding hydrogens is 552 g/mol. The zero-order valence-corrected chi connectivity index (χ0v) is 19.8. The van der Waals surface area contributed by atoms with Gasteiger partial charge in [0.2, 0.25) is 5.88 Å². The molecule has 3 aromatic rings. The molecule has 2 aromatic carbocycles. The fraction of sp³-hybridized carbons (Fsp3) is 0.182. The predicted octanol–water partition coefficient (Wildman–Crippen LogP) is 5.72. The number of ether oxygens (including phenoxy) is 3. The SMILES string of the molecule is CCOc1ccccc1Oc1ccc(CN=C(N)Nc2ccccc2OC(F)(F)F)cn1.I. The Morgan fingerprint density at radius 3 is 2.30 bits per heavy atom. The molecule has 0 aliphatic carbocycles. The van der Waals surface area contributed by atoms with Crippen molar-refractivity contribution in [1.82, 2.24) is 4.98 Å². The van der Waals surface area contributed by atoms with E-state index in [-0.39, 0.29) is 42.2 Å². The number of nitrogens with two attached hydrogens (primary N) is 1. The molecule has 176 valence electrons. The Bertz CT molecular complexity index is 1060. The number of nitrogens with zero attached hydrogens (tertiary/aromatic N) is 2. The number of anilines is 1. The van der Waals surface area contributed by atoms with Gasteiger partial charge in [0.25, 0.3) is 0 Å². The van der Waals surface area contributed by atoms with Gasteiger partial charge in [0.1, 0.15) is 0 Å². The minimum Gasteiger partial charge on any atom is -0.490 e. The highest BCUT2D eigenvalue weighted by Gasteiger charge is 2.32. The fourth-order valence-electron chi connectivity index (χ4n) is 2.62. The van der Waals surface area contributed by atoms with Gasteiger partial charge in [-0.3, -0.25) is 0 Å². The molecule has 3 rings (SSSR count). The van der Waals surface area contributed by atoms with Gasteiger partial charge in [0, 0.05) is 12.3 Å². The number of nitrogens with one attached hydrogen (secondary N) is 1. The normalized spacial score (nSPS) is 11.3. The number of para-hydroxylation sites is 4. The van der Waals surface area contributed by atoms with Crippen molar-refractivity contribution in [3.05, 3.63) is 72.4 Å². The predicted molar refractivity (Wildman–Crippen MR) is 129 cm³/mol. The van der Waals surface area contributed by atoms with Gasteiger partial charge in [-0.2, -0.15) is 0 Å². The van der Waals surface area contributed by atoms with Crippen molar-refractivity contribution >= 4 is 35.6 Å². The summed E-state index contributed by atoms with van der Waals surface area (Å²) < 4.78 is 52.8. The summed E-state index contributed by atoms with van der Waals surface area (Å²) in [6.45, 7) is 2.55. The third-order valence-electron chi connectivity index (χ3n) is 3.97. The summed E-state index contributed by atoms with van der Waals surface area (Å²) in [4.78, 5) is 8.36. The zero-order valence-electron chi connectivity index (χ0n) is 17.5. The van der Waals surface area contributed by atoms with Gasteiger partial charge < -0.3 is 25.3 Å². The first-order valence-electron chi connectivity index (χ1n) is 9.60. The second-order valence-corrected chi connectivity index (χ2v) is 6.36. The van der Waals surface area contributed by atoms with Crippen LogP contribution in [0.5, 0.6) is 23.1 Å². The first-order chi connectivity index (χ1) is 15.3. The number of halogens is 4. The summed E-state index contributed by atoms with van der Waals surface area (Å²) in [5.74, 6) is 1.04. The van der Waals surface area contributed by atoms with Crippen molar-refractivity contribution in [3.8, 4) is 23.1 Å². The number of hydrogen-bond donors (Lipinski definition) is 2. The molecular formula is C22H22F3IN4O3. The van der Waals surface area contributed by atoms with E-state index in [1.165, 1.54) is 18.2 Å². The van der Waals surface area contributed by atoms with Crippen molar-refractivity contribution < 1.29 is 27.4 Å². The van der Waals surface area contributed by atoms with Gasteiger partial charge in [-0.15, -0.1) is 37.1 Å². The van der Waals surface area contributed by atoms with Gasteiger partial charge in [0.15, 0.2) is 23.2 Å². The number of aromatic nitrogens is 1. The summed E-state index contributed by atoms with van der Waals surface area (Å²) in [7, 11) is 0. The van der Waals surface area contributed by atoms with E-state index in [9.17, 15) is 13.2 Å². The van der Waals surface area contributed by atoms with Gasteiger partial charge in [-0.25, -0.2) is 9.98 Å². The highest BCUT2D eigenvalue weighted by molar-refractivity contribution is 14.0. The van der Waals surface area contributed by atoms with Crippen LogP contribution in [0, 0.1) is 0 Å². The lowest BCUT2D eigenvalue weighted by Gasteiger charge is -2.14. The van der Waals surface area contributed by atoms with E-state index in [1.807, 2.05) is 19.1 Å². The Morgan fingerprint density at radius 2 is 1.67 bits per heavy atom. The van der Waals surface area contributed by atoms with Crippen LogP contribution >= 0.6 is 24.0 Å². The first kappa shape index (κ1) is 26.0. The molecule has 3 N–H and O–H groups in total. The lowest BCUT2D eigenvalue weighted by atomic mass is 10.3. The standard InChI is InChI=1S/C22H21F3N4O3.HI/c1-2-30-18-9-5-6-10-19(18)31-20-12-11-15(13-27-20)14-28-21(26)29-16-7-3-4-8-17(16)32-22(23,24)25;/h3-13H,2,14H2,1H3,(H3,26,28,29);1H. The number of pyridine rings is 1. The van der Waals surface area contributed by atoms with Gasteiger partial charge >= 0.3 is 6.36 Å². The molecule has 1 heterocycles. The maximum absolute atomic E-state index is 12.5. The molecule has 0 bridgehead atoms. The van der Waals surface area contributed by atoms with Crippen LogP contribution in [-0.2, 0) is 6.54 Å². The molecule has 33 heavy (non-hydrogen) atoms. The highest BCUT2D eigenvalue weighted by atomic mass is 127. The van der Waals surface area contributed by atoms with Crippen molar-refractivity contribution in [2.75, 3.05) is 11.9 Å². The Kier molecular flexibility index (Phi) is 9.57. The number of guanidine groups is 1. The van der Waals surface area contributed by atoms with E-state index >= 15 is 0 Å². The molecule has 0 atom stereocenters. The molecule has 0 fully saturated rings. The third kappa shape index (κ3) is 8.33. The van der Waals surface area contributed by atoms with Crippen LogP contribution < -0.4 is 25.3 Å². The maximum Gasteiger partial charge on any atom is 0.573 e. The van der Waals surface area contributed by atoms with Crippen LogP contribution in [0.2, 0.25) is 0 Å². The maximum atomic E-state index is 12.5. The number of rotatable bonds is 8. The molecule has 0 spiro atoms. The molecule has 0 aliphatic rings. The third-order valence-corrected chi connectivity index (χ3v) is 3.97. The molecule has 1 aromatic heterocycles. The Labute approximate surface area is 205 Å². The lowest BCUT2D eigenvalue weighted by molar-refractivity contribution is -0.274. The minimum atomic E-state index is -4.82. The van der Waals surface area contributed by atoms with Crippen molar-refractivity contribution in [3.63, 3.8) is 0 Å². The number of benzene rings is 2. The average Bonchev–Trinajstić information content (AvgIpc) is 2.75. The van der Waals surface area contributed by atoms with Crippen LogP contribution in [0.25, 0.3) is 0 Å². The second-order valence-electron chi connectivity index (χ2n) is 6.36. The molecule has 0 unspecified atom stereocenters. The summed E-state index contributed by atoms with van der Waals surface area (Å²) in [6, 6.07) is 16.2. The average molecular weight is 574 g/mol. The van der Waals surface area contributed by atoms with Crippen LogP contribution in [0.3, 0.4) is 0 Å². The minimum absolute atomic E-state index is 0. The van der Waals surface area contributed by atoms with Crippen molar-refractivity contribution in [1.29, 1.82) is 0 Å². The molecule has 0 saturated carbocycles. The van der Waals surface area contributed by atoms with E-state index in [2.05, 4.69) is 20.0 Å². The van der Waals surface area contributed by atoms with E-state index in [4.69, 9.17) is 15.2 Å². The van der Waals surface area contributed by atoms with Gasteiger partial charge in [-0.1, -0.05) is 30.3 Å². The zero-order chi connectivity index (χ0) is 23.0. The van der Waals surface area contributed by atoms with Gasteiger partial charge in [0.05, 0.1) is 18.8 Å². The summed E-state index contributed by atoms with van der Waals surface area (Å²) >= 11 is 0. The molecule has 0 amide bonds. The molecule has 7 nitrogen and oxygen atoms in total. The first-order valence-corrected chi connectivity index (χ1v) is 9.60. The number of aliphatic imine (C=N–C) groups is 1. The van der Waals surface area contributed by atoms with Crippen LogP contribution in [-0.4, -0.2) is 23.9 Å². The summed E-state index contributed by atoms with van der Waals surface area (Å²) in [6.07, 6.45) is -3.25. The topological polar surface area (TPSA) is 91.0 Å². The molecule has 0 saturated heterocycles. The number of hydrogen-bond acceptors (Lipinski definition) is 5. The Morgan fingerprint density at radius 1 is 1.00 bits per heavy atom. The Hall–Kier alpha value is -3.22. The smallest absolute Gasteiger partial charge is 0.490 e. The highest BCUT2D eigenvalue weighted by Crippen LogP contribution is 2.31. The molecule has 11 heteroatoms. The monoisotopic (exact) mass is 574 g/mol. The molecule has 0 radical (unpaired) electrons. The van der Waals surface area contributed by atoms with Crippen LogP contribution in [0.1, 0.15) is 12.5 Å². The second kappa shape index (κ2) is 12.1. The van der Waals surface area contributed by atoms with Crippen LogP contribution in [0.4, 0.5) is 18.9 Å². The van der Waals surface area contributed by atoms with E-state index in [0.717, 1.165) is 5.56 Å². The van der Waals surface area contributed by atoms with E-state index < -0.39 is 12.1 Å². The molecule has 0 aliphatic heterocycles. The van der Waals surface area contributed by atoms with E-state index in [0.29, 0.717) is 24.0 Å². The van der Waals surface area contributed by atoms with Crippen LogP contribution in [0.15, 0.2) is 71.9 Å². The number of alkyl halides is 3. The summed E-state index contributed by atoms with van der Waals surface area (Å²) in [5, 5.41) is 2.61. The lowest BCUT2D eigenvalue weighted by Crippen LogP contribution is -2.24. The van der Waals surface area contributed by atoms with E-state index in [1.54, 1.807) is 36.5 Å². The summed E-state index contributed by atoms with van der Waals surface area (Å²) in [5.41, 5.74) is 6.57.